The number of rotatable bonds is 15. The topological polar surface area (TPSA) is 117 Å². The molecular weight excluding hydrogens is 624 g/mol. The first kappa shape index (κ1) is 36.2. The SMILES string of the molecule is CCCC(CCC)[C@@H](c1ccc(Cl)cc1)C(NC(=O)OC)C(=O)NC1CCCC1CC[C@H]1CNCCN1S(=O)(=O)c1ccccc1. The molecule has 4 rings (SSSR count). The van der Waals surface area contributed by atoms with Gasteiger partial charge in [0.2, 0.25) is 15.9 Å². The fourth-order valence-electron chi connectivity index (χ4n) is 7.46. The maximum absolute atomic E-state index is 14.2. The van der Waals surface area contributed by atoms with Crippen LogP contribution in [0.5, 0.6) is 0 Å². The van der Waals surface area contributed by atoms with Gasteiger partial charge in [0.15, 0.2) is 0 Å². The normalized spacial score (nSPS) is 21.9. The number of nitrogens with one attached hydrogen (secondary N) is 3. The summed E-state index contributed by atoms with van der Waals surface area (Å²) in [5, 5.41) is 10.2. The molecule has 1 heterocycles. The van der Waals surface area contributed by atoms with Gasteiger partial charge in [-0.15, -0.1) is 0 Å². The van der Waals surface area contributed by atoms with Crippen molar-refractivity contribution in [1.29, 1.82) is 0 Å². The lowest BCUT2D eigenvalue weighted by Gasteiger charge is -2.36. The molecule has 5 atom stereocenters. The molecule has 2 aliphatic rings. The van der Waals surface area contributed by atoms with Gasteiger partial charge in [0.25, 0.3) is 0 Å². The van der Waals surface area contributed by atoms with Crippen LogP contribution in [0.15, 0.2) is 59.5 Å². The van der Waals surface area contributed by atoms with Crippen LogP contribution in [-0.4, -0.2) is 69.6 Å². The number of methoxy groups -OCH3 is 1. The van der Waals surface area contributed by atoms with E-state index in [1.54, 1.807) is 28.6 Å². The molecular formula is C35H51ClN4O5S. The number of benzene rings is 2. The summed E-state index contributed by atoms with van der Waals surface area (Å²) in [6.07, 6.45) is 7.38. The van der Waals surface area contributed by atoms with Crippen LogP contribution in [0.25, 0.3) is 0 Å². The second-order valence-electron chi connectivity index (χ2n) is 12.7. The Morgan fingerprint density at radius 3 is 2.37 bits per heavy atom. The van der Waals surface area contributed by atoms with Crippen molar-refractivity contribution in [2.75, 3.05) is 26.7 Å². The molecule has 254 valence electrons. The van der Waals surface area contributed by atoms with Gasteiger partial charge in [-0.2, -0.15) is 4.31 Å². The van der Waals surface area contributed by atoms with Gasteiger partial charge in [-0.3, -0.25) is 4.79 Å². The fraction of sp³-hybridized carbons (Fsp3) is 0.600. The van der Waals surface area contributed by atoms with Crippen LogP contribution in [0.2, 0.25) is 5.02 Å². The number of carbonyl (C=O) groups excluding carboxylic acids is 2. The summed E-state index contributed by atoms with van der Waals surface area (Å²) in [6.45, 7) is 5.92. The number of hydrogen-bond acceptors (Lipinski definition) is 6. The summed E-state index contributed by atoms with van der Waals surface area (Å²) < 4.78 is 33.7. The van der Waals surface area contributed by atoms with E-state index in [0.717, 1.165) is 56.9 Å². The van der Waals surface area contributed by atoms with Gasteiger partial charge in [-0.1, -0.05) is 87.9 Å². The van der Waals surface area contributed by atoms with Crippen LogP contribution in [-0.2, 0) is 19.6 Å². The van der Waals surface area contributed by atoms with Gasteiger partial charge in [-0.05, 0) is 67.3 Å². The third-order valence-corrected chi connectivity index (χ3v) is 11.9. The second kappa shape index (κ2) is 17.5. The van der Waals surface area contributed by atoms with Crippen molar-refractivity contribution in [3.8, 4) is 0 Å². The molecule has 1 saturated carbocycles. The van der Waals surface area contributed by atoms with E-state index in [1.807, 2.05) is 30.3 Å². The predicted molar refractivity (Wildman–Crippen MR) is 182 cm³/mol. The summed E-state index contributed by atoms with van der Waals surface area (Å²) >= 11 is 6.24. The number of alkyl carbamates (subject to hydrolysis) is 1. The summed E-state index contributed by atoms with van der Waals surface area (Å²) in [4.78, 5) is 27.2. The minimum Gasteiger partial charge on any atom is -0.453 e. The summed E-state index contributed by atoms with van der Waals surface area (Å²) in [5.74, 6) is -0.102. The van der Waals surface area contributed by atoms with E-state index in [9.17, 15) is 18.0 Å². The van der Waals surface area contributed by atoms with Gasteiger partial charge < -0.3 is 20.7 Å². The number of carbonyl (C=O) groups is 2. The number of nitrogens with zero attached hydrogens (tertiary/aromatic N) is 1. The Kier molecular flexibility index (Phi) is 13.7. The monoisotopic (exact) mass is 674 g/mol. The number of ether oxygens (including phenoxy) is 1. The molecule has 0 aromatic heterocycles. The van der Waals surface area contributed by atoms with Crippen LogP contribution < -0.4 is 16.0 Å². The maximum Gasteiger partial charge on any atom is 0.407 e. The molecule has 3 N–H and O–H groups in total. The Hall–Kier alpha value is -2.66. The van der Waals surface area contributed by atoms with E-state index in [4.69, 9.17) is 16.3 Å². The number of halogens is 1. The van der Waals surface area contributed by atoms with Crippen LogP contribution in [0, 0.1) is 11.8 Å². The van der Waals surface area contributed by atoms with E-state index in [1.165, 1.54) is 7.11 Å². The quantitative estimate of drug-likeness (QED) is 0.211. The van der Waals surface area contributed by atoms with Crippen molar-refractivity contribution in [1.82, 2.24) is 20.3 Å². The fourth-order valence-corrected chi connectivity index (χ4v) is 9.26. The van der Waals surface area contributed by atoms with Crippen LogP contribution in [0.1, 0.15) is 83.1 Å². The van der Waals surface area contributed by atoms with Crippen LogP contribution >= 0.6 is 11.6 Å². The standard InChI is InChI=1S/C35H51ClN4O5S/c1-4-10-26(11-5-2)32(27-16-19-28(36)20-17-27)33(39-35(42)45-3)34(41)38-31-15-9-12-25(31)18-21-29-24-37-22-23-40(29)46(43,44)30-13-7-6-8-14-30/h6-8,13-14,16-17,19-20,25-26,29,31-33,37H,4-5,9-12,15,18,21-24H2,1-3H3,(H,38,41)(H,39,42)/t25?,29-,31?,32-,33?/m0/s1. The summed E-state index contributed by atoms with van der Waals surface area (Å²) in [6, 6.07) is 15.1. The number of sulfonamides is 1. The number of amides is 2. The molecule has 2 aromatic carbocycles. The first-order chi connectivity index (χ1) is 22.2. The Morgan fingerprint density at radius 1 is 1.02 bits per heavy atom. The molecule has 0 radical (unpaired) electrons. The van der Waals surface area contributed by atoms with Gasteiger partial charge >= 0.3 is 6.09 Å². The molecule has 0 bridgehead atoms. The molecule has 2 amide bonds. The first-order valence-corrected chi connectivity index (χ1v) is 18.7. The Balaban J connectivity index is 1.52. The lowest BCUT2D eigenvalue weighted by Crippen LogP contribution is -2.55. The van der Waals surface area contributed by atoms with Crippen molar-refractivity contribution >= 4 is 33.6 Å². The number of hydrogen-bond donors (Lipinski definition) is 3. The van der Waals surface area contributed by atoms with Gasteiger partial charge in [0.1, 0.15) is 6.04 Å². The molecule has 2 fully saturated rings. The lowest BCUT2D eigenvalue weighted by atomic mass is 9.75. The largest absolute Gasteiger partial charge is 0.453 e. The molecule has 46 heavy (non-hydrogen) atoms. The zero-order valence-corrected chi connectivity index (χ0v) is 29.0. The minimum absolute atomic E-state index is 0.0631. The molecule has 2 aromatic rings. The second-order valence-corrected chi connectivity index (χ2v) is 15.0. The smallest absolute Gasteiger partial charge is 0.407 e. The third kappa shape index (κ3) is 9.24. The molecule has 1 aliphatic heterocycles. The van der Waals surface area contributed by atoms with Crippen LogP contribution in [0.4, 0.5) is 4.79 Å². The molecule has 1 saturated heterocycles. The lowest BCUT2D eigenvalue weighted by molar-refractivity contribution is -0.125. The van der Waals surface area contributed by atoms with Gasteiger partial charge in [0.05, 0.1) is 12.0 Å². The highest BCUT2D eigenvalue weighted by Gasteiger charge is 2.40. The molecule has 9 nitrogen and oxygen atoms in total. The van der Waals surface area contributed by atoms with Crippen molar-refractivity contribution in [3.05, 3.63) is 65.2 Å². The molecule has 11 heteroatoms. The van der Waals surface area contributed by atoms with Crippen molar-refractivity contribution in [2.24, 2.45) is 11.8 Å². The summed E-state index contributed by atoms with van der Waals surface area (Å²) in [7, 11) is -2.30. The Morgan fingerprint density at radius 2 is 1.72 bits per heavy atom. The zero-order chi connectivity index (χ0) is 33.1. The molecule has 1 aliphatic carbocycles. The van der Waals surface area contributed by atoms with Crippen LogP contribution in [0.3, 0.4) is 0 Å². The van der Waals surface area contributed by atoms with Gasteiger partial charge in [0, 0.05) is 42.7 Å². The van der Waals surface area contributed by atoms with Gasteiger partial charge in [-0.25, -0.2) is 13.2 Å². The van der Waals surface area contributed by atoms with Crippen molar-refractivity contribution in [3.63, 3.8) is 0 Å². The maximum atomic E-state index is 14.2. The molecule has 3 unspecified atom stereocenters. The average Bonchev–Trinajstić information content (AvgIpc) is 3.51. The highest BCUT2D eigenvalue weighted by atomic mass is 35.5. The highest BCUT2D eigenvalue weighted by Crippen LogP contribution is 2.37. The number of piperazine rings is 1. The predicted octanol–water partition coefficient (Wildman–Crippen LogP) is 6.09. The van der Waals surface area contributed by atoms with E-state index >= 15 is 0 Å². The summed E-state index contributed by atoms with van der Waals surface area (Å²) in [5.41, 5.74) is 0.959. The van der Waals surface area contributed by atoms with E-state index in [-0.39, 0.29) is 35.7 Å². The van der Waals surface area contributed by atoms with E-state index in [2.05, 4.69) is 29.8 Å². The third-order valence-electron chi connectivity index (χ3n) is 9.69. The van der Waals surface area contributed by atoms with Crippen molar-refractivity contribution < 1.29 is 22.7 Å². The Bertz CT molecular complexity index is 1350. The average molecular weight is 675 g/mol. The van der Waals surface area contributed by atoms with E-state index in [0.29, 0.717) is 36.0 Å². The zero-order valence-electron chi connectivity index (χ0n) is 27.4. The first-order valence-electron chi connectivity index (χ1n) is 16.9. The molecule has 0 spiro atoms. The van der Waals surface area contributed by atoms with Crippen molar-refractivity contribution in [2.45, 2.75) is 101 Å². The van der Waals surface area contributed by atoms with E-state index < -0.39 is 22.2 Å². The Labute approximate surface area is 280 Å². The minimum atomic E-state index is -3.61. The highest BCUT2D eigenvalue weighted by molar-refractivity contribution is 7.89.